The fraction of sp³-hybridized carbons (Fsp3) is 0.421. The number of carbonyl (C=O) groups is 1. The predicted molar refractivity (Wildman–Crippen MR) is 104 cm³/mol. The van der Waals surface area contributed by atoms with Crippen molar-refractivity contribution < 1.29 is 4.79 Å². The molecule has 5 heterocycles. The van der Waals surface area contributed by atoms with E-state index in [0.717, 1.165) is 41.4 Å². The molecular formula is C19H21N9O. The van der Waals surface area contributed by atoms with E-state index in [1.807, 2.05) is 43.5 Å². The van der Waals surface area contributed by atoms with E-state index in [4.69, 9.17) is 0 Å². The van der Waals surface area contributed by atoms with E-state index >= 15 is 0 Å². The molecule has 148 valence electrons. The van der Waals surface area contributed by atoms with Gasteiger partial charge in [0.25, 0.3) is 11.7 Å². The Balaban J connectivity index is 1.34. The Labute approximate surface area is 166 Å². The van der Waals surface area contributed by atoms with Crippen LogP contribution in [0, 0.1) is 20.8 Å². The Morgan fingerprint density at radius 3 is 2.55 bits per heavy atom. The summed E-state index contributed by atoms with van der Waals surface area (Å²) in [7, 11) is 0. The van der Waals surface area contributed by atoms with Crippen molar-refractivity contribution in [3.05, 3.63) is 46.9 Å². The lowest BCUT2D eigenvalue weighted by atomic mass is 9.96. The van der Waals surface area contributed by atoms with Gasteiger partial charge in [-0.15, -0.1) is 15.3 Å². The van der Waals surface area contributed by atoms with E-state index in [0.29, 0.717) is 18.9 Å². The molecule has 4 aromatic heterocycles. The quantitative estimate of drug-likeness (QED) is 0.510. The first-order valence-electron chi connectivity index (χ1n) is 9.69. The average Bonchev–Trinajstić information content (AvgIpc) is 3.31. The first-order valence-corrected chi connectivity index (χ1v) is 9.69. The highest BCUT2D eigenvalue weighted by molar-refractivity contribution is 5.91. The van der Waals surface area contributed by atoms with E-state index in [-0.39, 0.29) is 17.6 Å². The molecule has 0 radical (unpaired) electrons. The number of likely N-dealkylation sites (tertiary alicyclic amines) is 1. The van der Waals surface area contributed by atoms with Gasteiger partial charge >= 0.3 is 0 Å². The molecule has 1 aliphatic rings. The molecule has 0 N–H and O–H groups in total. The predicted octanol–water partition coefficient (Wildman–Crippen LogP) is 1.51. The number of hydrogen-bond acceptors (Lipinski definition) is 7. The van der Waals surface area contributed by atoms with Crippen LogP contribution in [-0.2, 0) is 0 Å². The average molecular weight is 391 g/mol. The van der Waals surface area contributed by atoms with Gasteiger partial charge in [0.1, 0.15) is 0 Å². The van der Waals surface area contributed by atoms with Crippen LogP contribution in [-0.4, -0.2) is 63.3 Å². The summed E-state index contributed by atoms with van der Waals surface area (Å²) in [6, 6.07) is 5.76. The fourth-order valence-electron chi connectivity index (χ4n) is 3.89. The van der Waals surface area contributed by atoms with Crippen molar-refractivity contribution >= 4 is 17.3 Å². The molecule has 1 amide bonds. The Hall–Kier alpha value is -3.43. The van der Waals surface area contributed by atoms with E-state index < -0.39 is 0 Å². The molecule has 0 spiro atoms. The van der Waals surface area contributed by atoms with Gasteiger partial charge in [0.2, 0.25) is 5.82 Å². The summed E-state index contributed by atoms with van der Waals surface area (Å²) in [6.45, 7) is 7.01. The van der Waals surface area contributed by atoms with Gasteiger partial charge in [-0.05, 0) is 51.8 Å². The van der Waals surface area contributed by atoms with Crippen molar-refractivity contribution in [2.24, 2.45) is 0 Å². The molecule has 1 saturated heterocycles. The van der Waals surface area contributed by atoms with Crippen molar-refractivity contribution in [2.45, 2.75) is 39.5 Å². The van der Waals surface area contributed by atoms with Gasteiger partial charge in [0.05, 0.1) is 5.69 Å². The monoisotopic (exact) mass is 391 g/mol. The molecule has 0 atom stereocenters. The van der Waals surface area contributed by atoms with Gasteiger partial charge in [0.15, 0.2) is 11.5 Å². The molecule has 0 unspecified atom stereocenters. The first-order chi connectivity index (χ1) is 14.0. The van der Waals surface area contributed by atoms with Gasteiger partial charge in [0, 0.05) is 30.4 Å². The Kier molecular flexibility index (Phi) is 4.00. The second-order valence-electron chi connectivity index (χ2n) is 7.56. The molecule has 29 heavy (non-hydrogen) atoms. The van der Waals surface area contributed by atoms with Crippen LogP contribution in [0.25, 0.3) is 11.4 Å². The normalized spacial score (nSPS) is 15.5. The number of carbonyl (C=O) groups excluding carboxylic acids is 1. The molecule has 1 aliphatic heterocycles. The summed E-state index contributed by atoms with van der Waals surface area (Å²) in [4.78, 5) is 23.4. The third-order valence-electron chi connectivity index (χ3n) is 5.38. The van der Waals surface area contributed by atoms with E-state index in [9.17, 15) is 4.79 Å². The molecule has 0 aromatic carbocycles. The van der Waals surface area contributed by atoms with Gasteiger partial charge in [-0.25, -0.2) is 9.50 Å². The standard InChI is InChI=1S/C19H21N9O/c1-11-4-5-15-22-23-17(28(15)24-11)14-6-8-26(9-7-14)18(29)16-21-19-20-12(2)10-13(3)27(19)25-16/h4-5,10,14H,6-9H2,1-3H3. The number of nitrogens with zero attached hydrogens (tertiary/aromatic N) is 9. The maximum absolute atomic E-state index is 12.9. The molecule has 0 aliphatic carbocycles. The SMILES string of the molecule is Cc1cc(C)n2nc(C(=O)N3CCC(c4nnc5ccc(C)nn45)CC3)nc2n1. The molecule has 0 saturated carbocycles. The maximum atomic E-state index is 12.9. The van der Waals surface area contributed by atoms with Crippen LogP contribution in [0.4, 0.5) is 0 Å². The summed E-state index contributed by atoms with van der Waals surface area (Å²) in [5.41, 5.74) is 3.42. The molecular weight excluding hydrogens is 370 g/mol. The molecule has 10 nitrogen and oxygen atoms in total. The molecule has 0 bridgehead atoms. The highest BCUT2D eigenvalue weighted by Crippen LogP contribution is 2.27. The zero-order valence-electron chi connectivity index (χ0n) is 16.6. The third-order valence-corrected chi connectivity index (χ3v) is 5.38. The second kappa shape index (κ2) is 6.57. The number of rotatable bonds is 2. The topological polar surface area (TPSA) is 106 Å². The summed E-state index contributed by atoms with van der Waals surface area (Å²) < 4.78 is 3.43. The minimum Gasteiger partial charge on any atom is -0.336 e. The van der Waals surface area contributed by atoms with Crippen LogP contribution < -0.4 is 0 Å². The van der Waals surface area contributed by atoms with Crippen molar-refractivity contribution in [2.75, 3.05) is 13.1 Å². The number of fused-ring (bicyclic) bond motifs is 2. The second-order valence-corrected chi connectivity index (χ2v) is 7.56. The molecule has 1 fully saturated rings. The minimum atomic E-state index is -0.161. The van der Waals surface area contributed by atoms with Gasteiger partial charge in [-0.3, -0.25) is 4.79 Å². The summed E-state index contributed by atoms with van der Waals surface area (Å²) >= 11 is 0. The summed E-state index contributed by atoms with van der Waals surface area (Å²) in [5.74, 6) is 1.55. The van der Waals surface area contributed by atoms with Crippen LogP contribution in [0.15, 0.2) is 18.2 Å². The lowest BCUT2D eigenvalue weighted by molar-refractivity contribution is 0.0698. The maximum Gasteiger partial charge on any atom is 0.293 e. The highest BCUT2D eigenvalue weighted by atomic mass is 16.2. The van der Waals surface area contributed by atoms with Crippen LogP contribution in [0.1, 0.15) is 52.3 Å². The van der Waals surface area contributed by atoms with Gasteiger partial charge in [-0.2, -0.15) is 14.6 Å². The molecule has 5 rings (SSSR count). The first kappa shape index (κ1) is 17.7. The number of aryl methyl sites for hydroxylation is 3. The molecule has 10 heteroatoms. The van der Waals surface area contributed by atoms with Crippen LogP contribution in [0.5, 0.6) is 0 Å². The van der Waals surface area contributed by atoms with Crippen molar-refractivity contribution in [3.63, 3.8) is 0 Å². The zero-order chi connectivity index (χ0) is 20.1. The van der Waals surface area contributed by atoms with Crippen molar-refractivity contribution in [3.8, 4) is 0 Å². The smallest absolute Gasteiger partial charge is 0.293 e. The zero-order valence-corrected chi connectivity index (χ0v) is 16.6. The van der Waals surface area contributed by atoms with Crippen LogP contribution in [0.3, 0.4) is 0 Å². The Bertz CT molecular complexity index is 1230. The van der Waals surface area contributed by atoms with E-state index in [1.54, 1.807) is 9.42 Å². The number of piperidine rings is 1. The van der Waals surface area contributed by atoms with E-state index in [2.05, 4.69) is 30.4 Å². The third kappa shape index (κ3) is 3.00. The molecule has 4 aromatic rings. The van der Waals surface area contributed by atoms with Crippen molar-refractivity contribution in [1.29, 1.82) is 0 Å². The number of aromatic nitrogens is 8. The number of amides is 1. The van der Waals surface area contributed by atoms with Crippen LogP contribution >= 0.6 is 0 Å². The lowest BCUT2D eigenvalue weighted by Crippen LogP contribution is -2.38. The minimum absolute atomic E-state index is 0.161. The van der Waals surface area contributed by atoms with Crippen LogP contribution in [0.2, 0.25) is 0 Å². The van der Waals surface area contributed by atoms with Gasteiger partial charge < -0.3 is 4.90 Å². The Morgan fingerprint density at radius 1 is 0.966 bits per heavy atom. The lowest BCUT2D eigenvalue weighted by Gasteiger charge is -2.30. The van der Waals surface area contributed by atoms with Gasteiger partial charge in [-0.1, -0.05) is 0 Å². The fourth-order valence-corrected chi connectivity index (χ4v) is 3.89. The summed E-state index contributed by atoms with van der Waals surface area (Å²) in [6.07, 6.45) is 1.60. The van der Waals surface area contributed by atoms with Crippen molar-refractivity contribution in [1.82, 2.24) is 44.3 Å². The largest absolute Gasteiger partial charge is 0.336 e. The van der Waals surface area contributed by atoms with E-state index in [1.165, 1.54) is 0 Å². The number of hydrogen-bond donors (Lipinski definition) is 0. The summed E-state index contributed by atoms with van der Waals surface area (Å²) in [5, 5.41) is 17.5. The highest BCUT2D eigenvalue weighted by Gasteiger charge is 2.29. The Morgan fingerprint density at radius 2 is 1.76 bits per heavy atom.